The van der Waals surface area contributed by atoms with Crippen LogP contribution in [0.2, 0.25) is 0 Å². The molecule has 152 valence electrons. The molecular weight excluding hydrogens is 384 g/mol. The van der Waals surface area contributed by atoms with Gasteiger partial charge in [-0.2, -0.15) is 5.26 Å². The molecule has 3 heterocycles. The van der Waals surface area contributed by atoms with Gasteiger partial charge in [-0.15, -0.1) is 0 Å². The number of anilines is 1. The monoisotopic (exact) mass is 404 g/mol. The fraction of sp³-hybridized carbons (Fsp3) is 0.286. The quantitative estimate of drug-likeness (QED) is 0.608. The molecule has 0 unspecified atom stereocenters. The summed E-state index contributed by atoms with van der Waals surface area (Å²) in [6.45, 7) is 2.95. The number of nitrogens with zero attached hydrogens (tertiary/aromatic N) is 5. The zero-order chi connectivity index (χ0) is 20.9. The molecule has 1 aromatic carbocycles. The van der Waals surface area contributed by atoms with Gasteiger partial charge in [0.15, 0.2) is 11.6 Å². The molecular formula is C21H20N6O3. The van der Waals surface area contributed by atoms with Gasteiger partial charge in [-0.3, -0.25) is 4.79 Å². The molecule has 9 nitrogen and oxygen atoms in total. The molecule has 0 amide bonds. The lowest BCUT2D eigenvalue weighted by Crippen LogP contribution is -2.36. The highest BCUT2D eigenvalue weighted by atomic mass is 16.5. The molecule has 0 bridgehead atoms. The van der Waals surface area contributed by atoms with Crippen LogP contribution >= 0.6 is 0 Å². The minimum atomic E-state index is -0.385. The highest BCUT2D eigenvalue weighted by Gasteiger charge is 2.23. The van der Waals surface area contributed by atoms with Gasteiger partial charge in [-0.25, -0.2) is 15.0 Å². The number of ketones is 1. The molecule has 1 fully saturated rings. The molecule has 1 aliphatic rings. The summed E-state index contributed by atoms with van der Waals surface area (Å²) in [7, 11) is 0. The van der Waals surface area contributed by atoms with E-state index in [9.17, 15) is 10.1 Å². The van der Waals surface area contributed by atoms with E-state index in [1.807, 2.05) is 4.90 Å². The number of carbonyl (C=O) groups is 1. The Morgan fingerprint density at radius 2 is 1.93 bits per heavy atom. The van der Waals surface area contributed by atoms with E-state index in [1.165, 1.54) is 12.3 Å². The number of ether oxygens (including phenoxy) is 1. The van der Waals surface area contributed by atoms with E-state index in [0.29, 0.717) is 62.2 Å². The van der Waals surface area contributed by atoms with Crippen LogP contribution in [0.15, 0.2) is 41.2 Å². The van der Waals surface area contributed by atoms with E-state index in [4.69, 9.17) is 14.9 Å². The lowest BCUT2D eigenvalue weighted by atomic mass is 9.99. The van der Waals surface area contributed by atoms with Crippen molar-refractivity contribution >= 4 is 11.8 Å². The zero-order valence-corrected chi connectivity index (χ0v) is 16.2. The van der Waals surface area contributed by atoms with E-state index < -0.39 is 0 Å². The van der Waals surface area contributed by atoms with Crippen molar-refractivity contribution in [2.75, 3.05) is 37.7 Å². The van der Waals surface area contributed by atoms with Crippen molar-refractivity contribution in [2.24, 2.45) is 5.73 Å². The Labute approximate surface area is 173 Å². The van der Waals surface area contributed by atoms with Crippen LogP contribution in [0.4, 0.5) is 6.01 Å². The van der Waals surface area contributed by atoms with Crippen molar-refractivity contribution in [1.29, 1.82) is 5.26 Å². The van der Waals surface area contributed by atoms with Gasteiger partial charge < -0.3 is 19.8 Å². The van der Waals surface area contributed by atoms with Crippen molar-refractivity contribution in [3.05, 3.63) is 59.2 Å². The molecule has 0 aliphatic carbocycles. The van der Waals surface area contributed by atoms with Crippen molar-refractivity contribution in [3.63, 3.8) is 0 Å². The smallest absolute Gasteiger partial charge is 0.298 e. The third-order valence-corrected chi connectivity index (χ3v) is 4.77. The SMILES string of the molecule is N#Cc1ccc(-c2ncc(CCN)cn2)c(C(=O)c2cnc(N3CCOCC3)o2)c1. The highest BCUT2D eigenvalue weighted by Crippen LogP contribution is 2.26. The second-order valence-electron chi connectivity index (χ2n) is 6.76. The van der Waals surface area contributed by atoms with Crippen LogP contribution in [-0.4, -0.2) is 53.6 Å². The van der Waals surface area contributed by atoms with Gasteiger partial charge in [0.1, 0.15) is 0 Å². The molecule has 1 aliphatic heterocycles. The second kappa shape index (κ2) is 8.82. The summed E-state index contributed by atoms with van der Waals surface area (Å²) in [4.78, 5) is 28.1. The van der Waals surface area contributed by atoms with Crippen LogP contribution in [0.5, 0.6) is 0 Å². The summed E-state index contributed by atoms with van der Waals surface area (Å²) in [6.07, 6.45) is 5.45. The molecule has 0 radical (unpaired) electrons. The topological polar surface area (TPSA) is 131 Å². The first-order valence-electron chi connectivity index (χ1n) is 9.58. The number of morpholine rings is 1. The number of aromatic nitrogens is 3. The fourth-order valence-electron chi connectivity index (χ4n) is 3.19. The Balaban J connectivity index is 1.68. The van der Waals surface area contributed by atoms with E-state index in [2.05, 4.69) is 21.0 Å². The Morgan fingerprint density at radius 3 is 2.63 bits per heavy atom. The maximum atomic E-state index is 13.2. The van der Waals surface area contributed by atoms with E-state index in [-0.39, 0.29) is 17.1 Å². The van der Waals surface area contributed by atoms with Gasteiger partial charge in [0.25, 0.3) is 6.01 Å². The summed E-state index contributed by atoms with van der Waals surface area (Å²) in [6, 6.07) is 7.25. The van der Waals surface area contributed by atoms with Gasteiger partial charge in [0.2, 0.25) is 5.78 Å². The van der Waals surface area contributed by atoms with E-state index in [1.54, 1.807) is 24.5 Å². The summed E-state index contributed by atoms with van der Waals surface area (Å²) in [5, 5.41) is 9.29. The second-order valence-corrected chi connectivity index (χ2v) is 6.76. The molecule has 9 heteroatoms. The lowest BCUT2D eigenvalue weighted by Gasteiger charge is -2.24. The molecule has 0 saturated carbocycles. The Bertz CT molecular complexity index is 1080. The molecule has 2 N–H and O–H groups in total. The normalized spacial score (nSPS) is 13.8. The molecule has 0 spiro atoms. The predicted octanol–water partition coefficient (Wildman–Crippen LogP) is 1.57. The summed E-state index contributed by atoms with van der Waals surface area (Å²) in [5.41, 5.74) is 7.63. The number of benzene rings is 1. The third kappa shape index (κ3) is 4.05. The van der Waals surface area contributed by atoms with Crippen LogP contribution in [0.1, 0.15) is 27.2 Å². The van der Waals surface area contributed by atoms with E-state index >= 15 is 0 Å². The number of hydrogen-bond acceptors (Lipinski definition) is 9. The molecule has 4 rings (SSSR count). The van der Waals surface area contributed by atoms with Crippen LogP contribution in [0.3, 0.4) is 0 Å². The highest BCUT2D eigenvalue weighted by molar-refractivity contribution is 6.11. The largest absolute Gasteiger partial charge is 0.420 e. The minimum absolute atomic E-state index is 0.0904. The summed E-state index contributed by atoms with van der Waals surface area (Å²) < 4.78 is 11.1. The molecule has 0 atom stereocenters. The first kappa shape index (κ1) is 19.7. The zero-order valence-electron chi connectivity index (χ0n) is 16.2. The van der Waals surface area contributed by atoms with Crippen molar-refractivity contribution < 1.29 is 13.9 Å². The standard InChI is InChI=1S/C21H20N6O3/c22-4-3-15-11-24-20(25-12-15)16-2-1-14(10-23)9-17(16)19(28)18-13-26-21(30-18)27-5-7-29-8-6-27/h1-2,9,11-13H,3-8,22H2. The maximum Gasteiger partial charge on any atom is 0.298 e. The number of oxazole rings is 1. The number of carbonyl (C=O) groups excluding carboxylic acids is 1. The average molecular weight is 404 g/mol. The van der Waals surface area contributed by atoms with Crippen LogP contribution in [-0.2, 0) is 11.2 Å². The van der Waals surface area contributed by atoms with Gasteiger partial charge in [-0.05, 0) is 36.7 Å². The Hall–Kier alpha value is -3.61. The number of nitrogens with two attached hydrogens (primary N) is 1. The molecule has 2 aromatic heterocycles. The van der Waals surface area contributed by atoms with Gasteiger partial charge in [-0.1, -0.05) is 0 Å². The number of nitriles is 1. The Kier molecular flexibility index (Phi) is 5.79. The van der Waals surface area contributed by atoms with Gasteiger partial charge in [0, 0.05) is 36.6 Å². The third-order valence-electron chi connectivity index (χ3n) is 4.77. The Morgan fingerprint density at radius 1 is 1.17 bits per heavy atom. The molecule has 1 saturated heterocycles. The van der Waals surface area contributed by atoms with Gasteiger partial charge in [0.05, 0.1) is 31.0 Å². The maximum absolute atomic E-state index is 13.2. The summed E-state index contributed by atoms with van der Waals surface area (Å²) in [5.74, 6) is 0.0906. The van der Waals surface area contributed by atoms with Crippen molar-refractivity contribution in [3.8, 4) is 17.5 Å². The van der Waals surface area contributed by atoms with Crippen LogP contribution in [0.25, 0.3) is 11.4 Å². The number of rotatable bonds is 6. The van der Waals surface area contributed by atoms with Crippen LogP contribution in [0, 0.1) is 11.3 Å². The first-order valence-corrected chi connectivity index (χ1v) is 9.58. The van der Waals surface area contributed by atoms with Crippen LogP contribution < -0.4 is 10.6 Å². The van der Waals surface area contributed by atoms with E-state index in [0.717, 1.165) is 5.56 Å². The minimum Gasteiger partial charge on any atom is -0.420 e. The average Bonchev–Trinajstić information content (AvgIpc) is 3.30. The van der Waals surface area contributed by atoms with Crippen molar-refractivity contribution in [2.45, 2.75) is 6.42 Å². The number of hydrogen-bond donors (Lipinski definition) is 1. The predicted molar refractivity (Wildman–Crippen MR) is 108 cm³/mol. The van der Waals surface area contributed by atoms with Gasteiger partial charge >= 0.3 is 0 Å². The molecule has 3 aromatic rings. The fourth-order valence-corrected chi connectivity index (χ4v) is 3.19. The molecule has 30 heavy (non-hydrogen) atoms. The first-order chi connectivity index (χ1) is 14.7. The summed E-state index contributed by atoms with van der Waals surface area (Å²) >= 11 is 0. The lowest BCUT2D eigenvalue weighted by molar-refractivity contribution is 0.101. The van der Waals surface area contributed by atoms with Crippen molar-refractivity contribution in [1.82, 2.24) is 15.0 Å².